The molecule has 0 bridgehead atoms. The summed E-state index contributed by atoms with van der Waals surface area (Å²) in [5.74, 6) is 0.996. The zero-order chi connectivity index (χ0) is 22.1. The van der Waals surface area contributed by atoms with Gasteiger partial charge >= 0.3 is 5.97 Å². The molecule has 0 saturated carbocycles. The molecule has 1 atom stereocenters. The number of nitrogens with zero attached hydrogens (tertiary/aromatic N) is 1. The summed E-state index contributed by atoms with van der Waals surface area (Å²) in [5, 5.41) is 3.45. The first-order chi connectivity index (χ1) is 15.6. The van der Waals surface area contributed by atoms with Crippen molar-refractivity contribution in [2.45, 2.75) is 19.6 Å². The summed E-state index contributed by atoms with van der Waals surface area (Å²) in [4.78, 5) is 26.9. The molecule has 0 radical (unpaired) electrons. The van der Waals surface area contributed by atoms with E-state index in [1.54, 1.807) is 24.0 Å². The number of amides is 1. The van der Waals surface area contributed by atoms with Crippen molar-refractivity contribution in [2.24, 2.45) is 0 Å². The zero-order valence-corrected chi connectivity index (χ0v) is 17.5. The molecule has 1 amide bonds. The second kappa shape index (κ2) is 8.26. The zero-order valence-electron chi connectivity index (χ0n) is 17.5. The fourth-order valence-electron chi connectivity index (χ4n) is 4.00. The van der Waals surface area contributed by atoms with Crippen LogP contribution in [0.5, 0.6) is 11.5 Å². The predicted molar refractivity (Wildman–Crippen MR) is 118 cm³/mol. The van der Waals surface area contributed by atoms with Crippen LogP contribution in [0.15, 0.2) is 66.7 Å². The molecule has 3 aromatic rings. The van der Waals surface area contributed by atoms with Crippen LogP contribution in [0, 0.1) is 0 Å². The Morgan fingerprint density at radius 3 is 2.66 bits per heavy atom. The molecule has 32 heavy (non-hydrogen) atoms. The number of fused-ring (bicyclic) bond motifs is 2. The van der Waals surface area contributed by atoms with Crippen molar-refractivity contribution in [3.05, 3.63) is 89.0 Å². The Labute approximate surface area is 185 Å². The first kappa shape index (κ1) is 19.9. The van der Waals surface area contributed by atoms with Gasteiger partial charge in [-0.3, -0.25) is 4.79 Å². The number of anilines is 1. The van der Waals surface area contributed by atoms with Gasteiger partial charge < -0.3 is 24.4 Å². The van der Waals surface area contributed by atoms with Gasteiger partial charge in [0.25, 0.3) is 5.91 Å². The molecule has 162 valence electrons. The third kappa shape index (κ3) is 3.62. The van der Waals surface area contributed by atoms with Crippen LogP contribution in [0.3, 0.4) is 0 Å². The van der Waals surface area contributed by atoms with Gasteiger partial charge in [-0.1, -0.05) is 24.3 Å². The molecule has 1 unspecified atom stereocenters. The maximum absolute atomic E-state index is 13.2. The summed E-state index contributed by atoms with van der Waals surface area (Å²) in [6.45, 7) is 2.72. The normalized spacial score (nSPS) is 16.1. The van der Waals surface area contributed by atoms with Crippen LogP contribution in [0.4, 0.5) is 5.69 Å². The maximum Gasteiger partial charge on any atom is 0.338 e. The Hall–Kier alpha value is -4.00. The number of ether oxygens (including phenoxy) is 3. The number of nitrogens with one attached hydrogen (secondary N) is 1. The van der Waals surface area contributed by atoms with Crippen molar-refractivity contribution in [1.29, 1.82) is 0 Å². The van der Waals surface area contributed by atoms with E-state index in [0.717, 1.165) is 16.8 Å². The minimum absolute atomic E-state index is 0.0427. The third-order valence-electron chi connectivity index (χ3n) is 5.55. The van der Waals surface area contributed by atoms with Crippen molar-refractivity contribution in [3.8, 4) is 11.5 Å². The fourth-order valence-corrected chi connectivity index (χ4v) is 4.00. The Balaban J connectivity index is 1.41. The topological polar surface area (TPSA) is 77.1 Å². The van der Waals surface area contributed by atoms with Crippen molar-refractivity contribution >= 4 is 17.6 Å². The third-order valence-corrected chi connectivity index (χ3v) is 5.55. The van der Waals surface area contributed by atoms with E-state index in [4.69, 9.17) is 14.2 Å². The number of carbonyl (C=O) groups excluding carboxylic acids is 2. The quantitative estimate of drug-likeness (QED) is 0.586. The average Bonchev–Trinajstić information content (AvgIpc) is 3.38. The molecule has 0 saturated heterocycles. The highest BCUT2D eigenvalue weighted by Crippen LogP contribution is 2.37. The number of carbonyl (C=O) groups is 2. The van der Waals surface area contributed by atoms with Gasteiger partial charge in [-0.2, -0.15) is 0 Å². The summed E-state index contributed by atoms with van der Waals surface area (Å²) < 4.78 is 15.9. The van der Waals surface area contributed by atoms with Gasteiger partial charge in [-0.15, -0.1) is 0 Å². The minimum atomic E-state index is -0.357. The molecule has 1 N–H and O–H groups in total. The molecule has 0 aliphatic carbocycles. The Morgan fingerprint density at radius 1 is 1.06 bits per heavy atom. The van der Waals surface area contributed by atoms with Crippen LogP contribution in [0.2, 0.25) is 0 Å². The standard InChI is InChI=1S/C25H22N2O5/c1-2-30-25(29)17-8-10-18(11-9-17)26-23-19-5-3-4-6-20(19)24(28)27(23)14-16-7-12-21-22(13-16)32-15-31-21/h3-13,23,26H,2,14-15H2,1H3. The van der Waals surface area contributed by atoms with Gasteiger partial charge in [-0.05, 0) is 55.0 Å². The van der Waals surface area contributed by atoms with Crippen molar-refractivity contribution in [2.75, 3.05) is 18.7 Å². The molecule has 2 aliphatic heterocycles. The lowest BCUT2D eigenvalue weighted by Gasteiger charge is -2.27. The summed E-state index contributed by atoms with van der Waals surface area (Å²) >= 11 is 0. The Bertz CT molecular complexity index is 1180. The molecule has 0 spiro atoms. The van der Waals surface area contributed by atoms with E-state index >= 15 is 0 Å². The minimum Gasteiger partial charge on any atom is -0.462 e. The molecular weight excluding hydrogens is 408 g/mol. The van der Waals surface area contributed by atoms with Crippen molar-refractivity contribution in [1.82, 2.24) is 4.90 Å². The van der Waals surface area contributed by atoms with E-state index in [2.05, 4.69) is 5.32 Å². The number of hydrogen-bond donors (Lipinski definition) is 1. The van der Waals surface area contributed by atoms with Gasteiger partial charge in [-0.25, -0.2) is 4.79 Å². The van der Waals surface area contributed by atoms with E-state index < -0.39 is 0 Å². The fraction of sp³-hybridized carbons (Fsp3) is 0.200. The summed E-state index contributed by atoms with van der Waals surface area (Å²) in [6, 6.07) is 20.4. The second-order valence-electron chi connectivity index (χ2n) is 7.55. The van der Waals surface area contributed by atoms with Crippen LogP contribution in [-0.2, 0) is 11.3 Å². The number of hydrogen-bond acceptors (Lipinski definition) is 6. The van der Waals surface area contributed by atoms with E-state index in [9.17, 15) is 9.59 Å². The molecule has 2 aliphatic rings. The molecular formula is C25H22N2O5. The SMILES string of the molecule is CCOC(=O)c1ccc(NC2c3ccccc3C(=O)N2Cc2ccc3c(c2)OCO3)cc1. The maximum atomic E-state index is 13.2. The lowest BCUT2D eigenvalue weighted by atomic mass is 10.1. The Morgan fingerprint density at radius 2 is 1.84 bits per heavy atom. The van der Waals surface area contributed by atoms with Crippen LogP contribution in [-0.4, -0.2) is 30.2 Å². The van der Waals surface area contributed by atoms with E-state index in [1.165, 1.54) is 0 Å². The summed E-state index contributed by atoms with van der Waals surface area (Å²) in [5.41, 5.74) is 3.81. The summed E-state index contributed by atoms with van der Waals surface area (Å²) in [7, 11) is 0. The molecule has 5 rings (SSSR count). The van der Waals surface area contributed by atoms with Gasteiger partial charge in [0, 0.05) is 23.4 Å². The van der Waals surface area contributed by atoms with Gasteiger partial charge in [0.05, 0.1) is 12.2 Å². The molecule has 0 fully saturated rings. The number of esters is 1. The highest BCUT2D eigenvalue weighted by Gasteiger charge is 2.36. The van der Waals surface area contributed by atoms with E-state index in [-0.39, 0.29) is 24.8 Å². The highest BCUT2D eigenvalue weighted by atomic mass is 16.7. The monoisotopic (exact) mass is 430 g/mol. The number of benzene rings is 3. The molecule has 2 heterocycles. The van der Waals surface area contributed by atoms with Gasteiger partial charge in [0.2, 0.25) is 6.79 Å². The molecule has 0 aromatic heterocycles. The van der Waals surface area contributed by atoms with Crippen molar-refractivity contribution in [3.63, 3.8) is 0 Å². The van der Waals surface area contributed by atoms with Crippen LogP contribution in [0.25, 0.3) is 0 Å². The molecule has 3 aromatic carbocycles. The van der Waals surface area contributed by atoms with E-state index in [0.29, 0.717) is 35.8 Å². The first-order valence-electron chi connectivity index (χ1n) is 10.5. The largest absolute Gasteiger partial charge is 0.462 e. The molecule has 7 nitrogen and oxygen atoms in total. The highest BCUT2D eigenvalue weighted by molar-refractivity contribution is 5.99. The summed E-state index contributed by atoms with van der Waals surface area (Å²) in [6.07, 6.45) is -0.349. The average molecular weight is 430 g/mol. The lowest BCUT2D eigenvalue weighted by molar-refractivity contribution is 0.0526. The first-order valence-corrected chi connectivity index (χ1v) is 10.5. The van der Waals surface area contributed by atoms with Crippen molar-refractivity contribution < 1.29 is 23.8 Å². The van der Waals surface area contributed by atoms with Crippen LogP contribution in [0.1, 0.15) is 44.9 Å². The smallest absolute Gasteiger partial charge is 0.338 e. The molecule has 7 heteroatoms. The van der Waals surface area contributed by atoms with Crippen LogP contribution >= 0.6 is 0 Å². The lowest BCUT2D eigenvalue weighted by Crippen LogP contribution is -2.31. The second-order valence-corrected chi connectivity index (χ2v) is 7.55. The van der Waals surface area contributed by atoms with Crippen LogP contribution < -0.4 is 14.8 Å². The van der Waals surface area contributed by atoms with E-state index in [1.807, 2.05) is 54.6 Å². The van der Waals surface area contributed by atoms with Gasteiger partial charge in [0.1, 0.15) is 6.17 Å². The number of rotatable bonds is 6. The van der Waals surface area contributed by atoms with Gasteiger partial charge in [0.15, 0.2) is 11.5 Å². The predicted octanol–water partition coefficient (Wildman–Crippen LogP) is 4.36. The Kier molecular flexibility index (Phi) is 5.15.